The summed E-state index contributed by atoms with van der Waals surface area (Å²) in [7, 11) is 1.64. The van der Waals surface area contributed by atoms with Gasteiger partial charge in [0.2, 0.25) is 0 Å². The van der Waals surface area contributed by atoms with E-state index in [9.17, 15) is 18.0 Å². The molecule has 2 amide bonds. The molecule has 1 aliphatic heterocycles. The molecule has 12 heteroatoms. The maximum Gasteiger partial charge on any atom is 0.573 e. The van der Waals surface area contributed by atoms with Gasteiger partial charge in [-0.05, 0) is 80.4 Å². The Balaban J connectivity index is 1.44. The Labute approximate surface area is 271 Å². The quantitative estimate of drug-likeness (QED) is 0.150. The number of para-hydroxylation sites is 1. The first kappa shape index (κ1) is 34.3. The highest BCUT2D eigenvalue weighted by Crippen LogP contribution is 2.34. The largest absolute Gasteiger partial charge is 0.573 e. The molecule has 0 radical (unpaired) electrons. The predicted octanol–water partition coefficient (Wildman–Crippen LogP) is 8.67. The Morgan fingerprint density at radius 1 is 1.11 bits per heavy atom. The van der Waals surface area contributed by atoms with E-state index in [1.54, 1.807) is 25.7 Å². The lowest BCUT2D eigenvalue weighted by atomic mass is 9.99. The van der Waals surface area contributed by atoms with Gasteiger partial charge in [-0.3, -0.25) is 5.01 Å². The standard InChI is InChI=1S/C34H37F3N6O2S/c1-22(2)29-9-7-8-10-30(29)43-24(4)19-20-46-33(43)40-32(44)39-23(3)21-25-11-13-26(14-12-25)31(38-5)41-42(6)27-15-17-28(18-16-27)45-34(35,36)37/h7-18,21-22,24H,5,19-20H2,1-4,6H3,(H,39,44)/b23-21+,40-33?,41-31-. The lowest BCUT2D eigenvalue weighted by molar-refractivity contribution is -0.274. The van der Waals surface area contributed by atoms with Crippen LogP contribution in [-0.2, 0) is 0 Å². The number of carbonyl (C=O) groups excluding carboxylic acids is 1. The van der Waals surface area contributed by atoms with Crippen molar-refractivity contribution in [3.05, 3.63) is 95.2 Å². The Bertz CT molecular complexity index is 1620. The van der Waals surface area contributed by atoms with Gasteiger partial charge >= 0.3 is 12.4 Å². The van der Waals surface area contributed by atoms with Gasteiger partial charge < -0.3 is 15.0 Å². The smallest absolute Gasteiger partial charge is 0.406 e. The van der Waals surface area contributed by atoms with Crippen molar-refractivity contribution >= 4 is 53.0 Å². The third kappa shape index (κ3) is 9.23. The minimum absolute atomic E-state index is 0.208. The van der Waals surface area contributed by atoms with Crippen LogP contribution in [0, 0.1) is 0 Å². The molecule has 0 bridgehead atoms. The summed E-state index contributed by atoms with van der Waals surface area (Å²) in [4.78, 5) is 23.7. The summed E-state index contributed by atoms with van der Waals surface area (Å²) >= 11 is 1.58. The fourth-order valence-electron chi connectivity index (χ4n) is 4.87. The van der Waals surface area contributed by atoms with Crippen molar-refractivity contribution in [1.29, 1.82) is 0 Å². The summed E-state index contributed by atoms with van der Waals surface area (Å²) in [6, 6.07) is 20.7. The van der Waals surface area contributed by atoms with Crippen molar-refractivity contribution in [3.8, 4) is 5.75 Å². The van der Waals surface area contributed by atoms with E-state index >= 15 is 0 Å². The Morgan fingerprint density at radius 3 is 2.41 bits per heavy atom. The summed E-state index contributed by atoms with van der Waals surface area (Å²) in [5, 5.41) is 9.47. The molecule has 1 atom stereocenters. The van der Waals surface area contributed by atoms with Crippen LogP contribution >= 0.6 is 11.8 Å². The van der Waals surface area contributed by atoms with E-state index in [2.05, 4.69) is 69.7 Å². The van der Waals surface area contributed by atoms with Crippen LogP contribution < -0.4 is 20.0 Å². The summed E-state index contributed by atoms with van der Waals surface area (Å²) in [5.41, 5.74) is 4.95. The molecule has 1 heterocycles. The number of hydrogen-bond donors (Lipinski definition) is 1. The van der Waals surface area contributed by atoms with E-state index in [-0.39, 0.29) is 11.8 Å². The molecule has 1 unspecified atom stereocenters. The number of nitrogens with zero attached hydrogens (tertiary/aromatic N) is 5. The van der Waals surface area contributed by atoms with Crippen LogP contribution in [0.4, 0.5) is 29.3 Å². The fraction of sp³-hybridized carbons (Fsp3) is 0.294. The number of amides is 2. The molecular formula is C34H37F3N6O2S. The van der Waals surface area contributed by atoms with E-state index in [1.165, 1.54) is 34.8 Å². The number of nitrogens with one attached hydrogen (secondary N) is 1. The number of urea groups is 1. The first-order valence-electron chi connectivity index (χ1n) is 14.7. The first-order chi connectivity index (χ1) is 21.8. The molecule has 1 fully saturated rings. The zero-order chi connectivity index (χ0) is 33.4. The number of carbonyl (C=O) groups is 1. The molecule has 0 aromatic heterocycles. The van der Waals surface area contributed by atoms with Gasteiger partial charge in [0, 0.05) is 35.8 Å². The van der Waals surface area contributed by atoms with Gasteiger partial charge in [0.1, 0.15) is 5.75 Å². The van der Waals surface area contributed by atoms with Crippen LogP contribution in [0.3, 0.4) is 0 Å². The monoisotopic (exact) mass is 650 g/mol. The molecule has 3 aromatic rings. The van der Waals surface area contributed by atoms with Gasteiger partial charge in [0.05, 0.1) is 5.69 Å². The number of hydrogen-bond acceptors (Lipinski definition) is 5. The number of aliphatic imine (C=N–C) groups is 2. The van der Waals surface area contributed by atoms with Crippen molar-refractivity contribution in [3.63, 3.8) is 0 Å². The van der Waals surface area contributed by atoms with Gasteiger partial charge in [0.25, 0.3) is 0 Å². The minimum Gasteiger partial charge on any atom is -0.406 e. The van der Waals surface area contributed by atoms with Crippen LogP contribution in [-0.4, -0.2) is 49.0 Å². The Morgan fingerprint density at radius 2 is 1.78 bits per heavy atom. The number of ether oxygens (including phenoxy) is 1. The van der Waals surface area contributed by atoms with Crippen LogP contribution in [0.15, 0.2) is 93.6 Å². The number of allylic oxidation sites excluding steroid dienone is 1. The molecule has 0 saturated carbocycles. The molecule has 8 nitrogen and oxygen atoms in total. The van der Waals surface area contributed by atoms with E-state index in [1.807, 2.05) is 42.5 Å². The van der Waals surface area contributed by atoms with E-state index < -0.39 is 12.4 Å². The average molecular weight is 651 g/mol. The number of thioether (sulfide) groups is 1. The van der Waals surface area contributed by atoms with Crippen LogP contribution in [0.1, 0.15) is 56.7 Å². The van der Waals surface area contributed by atoms with Crippen molar-refractivity contribution in [2.24, 2.45) is 15.1 Å². The Hall–Kier alpha value is -4.58. The fourth-order valence-corrected chi connectivity index (χ4v) is 6.08. The summed E-state index contributed by atoms with van der Waals surface area (Å²) in [6.45, 7) is 11.9. The number of rotatable bonds is 8. The third-order valence-electron chi connectivity index (χ3n) is 7.12. The van der Waals surface area contributed by atoms with Crippen molar-refractivity contribution < 1.29 is 22.7 Å². The lowest BCUT2D eigenvalue weighted by Crippen LogP contribution is -2.42. The topological polar surface area (TPSA) is 81.9 Å². The zero-order valence-corrected chi connectivity index (χ0v) is 27.2. The summed E-state index contributed by atoms with van der Waals surface area (Å²) in [6.07, 6.45) is -1.94. The van der Waals surface area contributed by atoms with Crippen LogP contribution in [0.2, 0.25) is 0 Å². The number of benzene rings is 3. The second-order valence-electron chi connectivity index (χ2n) is 11.0. The maximum atomic E-state index is 13.0. The molecule has 0 spiro atoms. The van der Waals surface area contributed by atoms with E-state index in [0.717, 1.165) is 23.4 Å². The molecular weight excluding hydrogens is 613 g/mol. The highest BCUT2D eigenvalue weighted by atomic mass is 32.2. The minimum atomic E-state index is -4.76. The average Bonchev–Trinajstić information content (AvgIpc) is 3.00. The third-order valence-corrected chi connectivity index (χ3v) is 8.11. The predicted molar refractivity (Wildman–Crippen MR) is 183 cm³/mol. The molecule has 242 valence electrons. The lowest BCUT2D eigenvalue weighted by Gasteiger charge is -2.37. The maximum absolute atomic E-state index is 13.0. The number of halogens is 3. The molecule has 0 aliphatic carbocycles. The summed E-state index contributed by atoms with van der Waals surface area (Å²) in [5.74, 6) is 1.21. The highest BCUT2D eigenvalue weighted by Gasteiger charge is 2.31. The van der Waals surface area contributed by atoms with Crippen LogP contribution in [0.25, 0.3) is 6.08 Å². The van der Waals surface area contributed by atoms with E-state index in [0.29, 0.717) is 33.9 Å². The number of alkyl halides is 3. The summed E-state index contributed by atoms with van der Waals surface area (Å²) < 4.78 is 41.3. The van der Waals surface area contributed by atoms with Gasteiger partial charge in [-0.1, -0.05) is 68.1 Å². The first-order valence-corrected chi connectivity index (χ1v) is 15.7. The molecule has 1 saturated heterocycles. The second kappa shape index (κ2) is 15.1. The molecule has 46 heavy (non-hydrogen) atoms. The molecule has 1 N–H and O–H groups in total. The van der Waals surface area contributed by atoms with Gasteiger partial charge in [-0.2, -0.15) is 10.1 Å². The van der Waals surface area contributed by atoms with Crippen molar-refractivity contribution in [1.82, 2.24) is 5.32 Å². The van der Waals surface area contributed by atoms with Gasteiger partial charge in [-0.25, -0.2) is 9.79 Å². The van der Waals surface area contributed by atoms with E-state index in [4.69, 9.17) is 0 Å². The highest BCUT2D eigenvalue weighted by molar-refractivity contribution is 8.14. The number of amidine groups is 2. The van der Waals surface area contributed by atoms with Crippen LogP contribution in [0.5, 0.6) is 5.75 Å². The molecule has 1 aliphatic rings. The number of anilines is 2. The molecule has 3 aromatic carbocycles. The van der Waals surface area contributed by atoms with Crippen molar-refractivity contribution in [2.75, 3.05) is 22.7 Å². The van der Waals surface area contributed by atoms with Gasteiger partial charge in [0.15, 0.2) is 11.0 Å². The molecule has 4 rings (SSSR count). The van der Waals surface area contributed by atoms with Crippen molar-refractivity contribution in [2.45, 2.75) is 52.4 Å². The second-order valence-corrected chi connectivity index (χ2v) is 12.1. The normalized spacial score (nSPS) is 16.8. The number of hydrazone groups is 1. The van der Waals surface area contributed by atoms with Gasteiger partial charge in [-0.15, -0.1) is 13.2 Å². The SMILES string of the molecule is C=N/C(=N\N(C)c1ccc(OC(F)(F)F)cc1)c1ccc(/C=C(\C)NC(=O)N=C2SCCC(C)N2c2ccccc2C(C)C)cc1. The zero-order valence-electron chi connectivity index (χ0n) is 26.4. The Kier molecular flexibility index (Phi) is 11.3.